The van der Waals surface area contributed by atoms with Crippen LogP contribution in [0.4, 0.5) is 11.4 Å². The molecule has 1 aromatic rings. The van der Waals surface area contributed by atoms with Crippen LogP contribution in [0.25, 0.3) is 0 Å². The third kappa shape index (κ3) is 4.21. The Kier molecular flexibility index (Phi) is 4.88. The Balaban J connectivity index is 2.03. The molecular weight excluding hydrogens is 264 g/mol. The molecule has 1 saturated heterocycles. The van der Waals surface area contributed by atoms with Gasteiger partial charge >= 0.3 is 0 Å². The predicted octanol–water partition coefficient (Wildman–Crippen LogP) is 3.29. The average Bonchev–Trinajstić information content (AvgIpc) is 2.38. The van der Waals surface area contributed by atoms with Gasteiger partial charge in [0.05, 0.1) is 18.8 Å². The Hall–Kier alpha value is -1.55. The number of rotatable bonds is 4. The van der Waals surface area contributed by atoms with Crippen LogP contribution in [0.5, 0.6) is 0 Å². The van der Waals surface area contributed by atoms with Gasteiger partial charge in [-0.05, 0) is 44.0 Å². The van der Waals surface area contributed by atoms with Gasteiger partial charge in [0.2, 0.25) is 5.91 Å². The van der Waals surface area contributed by atoms with E-state index in [0.717, 1.165) is 25.4 Å². The lowest BCUT2D eigenvalue weighted by atomic mass is 10.0. The van der Waals surface area contributed by atoms with Gasteiger partial charge in [-0.3, -0.25) is 4.79 Å². The molecule has 2 rings (SSSR count). The number of hydrogen-bond donors (Lipinski definition) is 1. The van der Waals surface area contributed by atoms with Crippen molar-refractivity contribution < 1.29 is 9.53 Å². The van der Waals surface area contributed by atoms with E-state index in [1.54, 1.807) is 0 Å². The van der Waals surface area contributed by atoms with E-state index in [1.807, 2.05) is 26.0 Å². The van der Waals surface area contributed by atoms with Gasteiger partial charge in [0.15, 0.2) is 0 Å². The lowest BCUT2D eigenvalue weighted by Gasteiger charge is -2.43. The van der Waals surface area contributed by atoms with Crippen molar-refractivity contribution in [2.24, 2.45) is 5.92 Å². The van der Waals surface area contributed by atoms with Crippen LogP contribution in [-0.2, 0) is 9.53 Å². The van der Waals surface area contributed by atoms with Crippen LogP contribution in [-0.4, -0.2) is 31.2 Å². The zero-order valence-electron chi connectivity index (χ0n) is 13.5. The van der Waals surface area contributed by atoms with Crippen LogP contribution in [0, 0.1) is 5.92 Å². The number of anilines is 2. The second kappa shape index (κ2) is 6.48. The molecule has 1 aliphatic rings. The number of hydrogen-bond acceptors (Lipinski definition) is 3. The Morgan fingerprint density at radius 2 is 2.00 bits per heavy atom. The third-order valence-electron chi connectivity index (χ3n) is 3.70. The number of amides is 1. The van der Waals surface area contributed by atoms with Crippen molar-refractivity contribution in [3.63, 3.8) is 0 Å². The first-order valence-corrected chi connectivity index (χ1v) is 7.64. The molecule has 1 heterocycles. The van der Waals surface area contributed by atoms with Crippen LogP contribution in [0.1, 0.15) is 34.1 Å². The average molecular weight is 290 g/mol. The minimum absolute atomic E-state index is 0.000652. The summed E-state index contributed by atoms with van der Waals surface area (Å²) in [5, 5.41) is 2.94. The summed E-state index contributed by atoms with van der Waals surface area (Å²) < 4.78 is 5.55. The van der Waals surface area contributed by atoms with Crippen molar-refractivity contribution in [2.75, 3.05) is 30.0 Å². The van der Waals surface area contributed by atoms with Crippen molar-refractivity contribution >= 4 is 17.3 Å². The van der Waals surface area contributed by atoms with Gasteiger partial charge in [-0.1, -0.05) is 13.8 Å². The summed E-state index contributed by atoms with van der Waals surface area (Å²) in [4.78, 5) is 14.1. The summed E-state index contributed by atoms with van der Waals surface area (Å²) in [7, 11) is 0. The molecule has 1 aromatic carbocycles. The van der Waals surface area contributed by atoms with Gasteiger partial charge < -0.3 is 15.0 Å². The number of nitrogens with zero attached hydrogens (tertiary/aromatic N) is 1. The highest BCUT2D eigenvalue weighted by molar-refractivity contribution is 5.91. The summed E-state index contributed by atoms with van der Waals surface area (Å²) in [6.45, 7) is 10.9. The first-order chi connectivity index (χ1) is 9.88. The highest BCUT2D eigenvalue weighted by atomic mass is 16.5. The van der Waals surface area contributed by atoms with Crippen LogP contribution in [0.2, 0.25) is 0 Å². The summed E-state index contributed by atoms with van der Waals surface area (Å²) in [5.74, 6) is 0.447. The van der Waals surface area contributed by atoms with Crippen molar-refractivity contribution in [1.82, 2.24) is 0 Å². The molecule has 0 unspecified atom stereocenters. The molecule has 0 saturated carbocycles. The summed E-state index contributed by atoms with van der Waals surface area (Å²) in [5.41, 5.74) is 2.03. The number of ether oxygens (including phenoxy) is 1. The monoisotopic (exact) mass is 290 g/mol. The summed E-state index contributed by atoms with van der Waals surface area (Å²) >= 11 is 0. The quantitative estimate of drug-likeness (QED) is 0.925. The molecule has 1 amide bonds. The normalized spacial score (nSPS) is 17.9. The molecule has 1 aliphatic heterocycles. The van der Waals surface area contributed by atoms with E-state index in [4.69, 9.17) is 4.74 Å². The van der Waals surface area contributed by atoms with Crippen molar-refractivity contribution in [1.29, 1.82) is 0 Å². The maximum Gasteiger partial charge on any atom is 0.224 e. The van der Waals surface area contributed by atoms with E-state index in [9.17, 15) is 4.79 Å². The van der Waals surface area contributed by atoms with E-state index in [2.05, 4.69) is 36.2 Å². The fraction of sp³-hybridized carbons (Fsp3) is 0.588. The fourth-order valence-electron chi connectivity index (χ4n) is 2.64. The molecule has 0 aromatic heterocycles. The largest absolute Gasteiger partial charge is 0.377 e. The minimum Gasteiger partial charge on any atom is -0.377 e. The second-order valence-corrected chi connectivity index (χ2v) is 6.71. The van der Waals surface area contributed by atoms with E-state index in [0.29, 0.717) is 12.3 Å². The fourth-order valence-corrected chi connectivity index (χ4v) is 2.64. The van der Waals surface area contributed by atoms with Crippen molar-refractivity contribution in [3.8, 4) is 0 Å². The number of benzene rings is 1. The number of carbonyl (C=O) groups excluding carboxylic acids is 1. The smallest absolute Gasteiger partial charge is 0.224 e. The predicted molar refractivity (Wildman–Crippen MR) is 86.8 cm³/mol. The zero-order valence-corrected chi connectivity index (χ0v) is 13.5. The Morgan fingerprint density at radius 3 is 2.57 bits per heavy atom. The first-order valence-electron chi connectivity index (χ1n) is 7.64. The number of nitrogens with one attached hydrogen (secondary N) is 1. The van der Waals surface area contributed by atoms with E-state index >= 15 is 0 Å². The lowest BCUT2D eigenvalue weighted by molar-refractivity contribution is -0.116. The van der Waals surface area contributed by atoms with Crippen LogP contribution in [0.3, 0.4) is 0 Å². The van der Waals surface area contributed by atoms with Gasteiger partial charge in [-0.25, -0.2) is 0 Å². The molecule has 1 fully saturated rings. The molecule has 1 N–H and O–H groups in total. The van der Waals surface area contributed by atoms with Crippen LogP contribution < -0.4 is 10.2 Å². The van der Waals surface area contributed by atoms with Crippen molar-refractivity contribution in [3.05, 3.63) is 24.3 Å². The van der Waals surface area contributed by atoms with Crippen LogP contribution in [0.15, 0.2) is 24.3 Å². The number of morpholine rings is 1. The van der Waals surface area contributed by atoms with E-state index < -0.39 is 0 Å². The van der Waals surface area contributed by atoms with Gasteiger partial charge in [-0.2, -0.15) is 0 Å². The summed E-state index contributed by atoms with van der Waals surface area (Å²) in [6.07, 6.45) is 0.554. The molecule has 4 heteroatoms. The highest BCUT2D eigenvalue weighted by Crippen LogP contribution is 2.27. The second-order valence-electron chi connectivity index (χ2n) is 6.71. The van der Waals surface area contributed by atoms with Gasteiger partial charge in [0.1, 0.15) is 0 Å². The molecule has 0 radical (unpaired) electrons. The first kappa shape index (κ1) is 15.8. The molecule has 0 atom stereocenters. The molecule has 0 spiro atoms. The minimum atomic E-state index is 0.000652. The van der Waals surface area contributed by atoms with E-state index in [-0.39, 0.29) is 11.4 Å². The Morgan fingerprint density at radius 1 is 1.33 bits per heavy atom. The molecule has 21 heavy (non-hydrogen) atoms. The van der Waals surface area contributed by atoms with Gasteiger partial charge in [-0.15, -0.1) is 0 Å². The highest BCUT2D eigenvalue weighted by Gasteiger charge is 2.30. The molecule has 0 aliphatic carbocycles. The molecule has 0 bridgehead atoms. The summed E-state index contributed by atoms with van der Waals surface area (Å²) in [6, 6.07) is 8.08. The van der Waals surface area contributed by atoms with Crippen LogP contribution >= 0.6 is 0 Å². The Bertz CT molecular complexity index is 480. The third-order valence-corrected chi connectivity index (χ3v) is 3.70. The maximum atomic E-state index is 11.8. The standard InChI is InChI=1S/C17H26N2O2/c1-13(2)11-16(20)18-14-5-7-15(8-6-14)19-9-10-21-12-17(19,3)4/h5-8,13H,9-12H2,1-4H3,(H,18,20). The molecule has 4 nitrogen and oxygen atoms in total. The molecule has 116 valence electrons. The zero-order chi connectivity index (χ0) is 15.5. The molecular formula is C17H26N2O2. The van der Waals surface area contributed by atoms with Gasteiger partial charge in [0.25, 0.3) is 0 Å². The van der Waals surface area contributed by atoms with Gasteiger partial charge in [0, 0.05) is 24.3 Å². The SMILES string of the molecule is CC(C)CC(=O)Nc1ccc(N2CCOCC2(C)C)cc1. The number of carbonyl (C=O) groups is 1. The lowest BCUT2D eigenvalue weighted by Crippen LogP contribution is -2.53. The Labute approximate surface area is 127 Å². The van der Waals surface area contributed by atoms with E-state index in [1.165, 1.54) is 5.69 Å². The van der Waals surface area contributed by atoms with Crippen molar-refractivity contribution in [2.45, 2.75) is 39.7 Å². The maximum absolute atomic E-state index is 11.8. The topological polar surface area (TPSA) is 41.6 Å².